The minimum atomic E-state index is 0.0294. The van der Waals surface area contributed by atoms with Gasteiger partial charge >= 0.3 is 0 Å². The maximum atomic E-state index is 12.5. The molecule has 134 valence electrons. The van der Waals surface area contributed by atoms with Crippen molar-refractivity contribution in [3.63, 3.8) is 0 Å². The molecule has 2 aromatic rings. The number of hydrogen-bond donors (Lipinski definition) is 0. The lowest BCUT2D eigenvalue weighted by atomic mass is 10.2. The van der Waals surface area contributed by atoms with Crippen molar-refractivity contribution in [3.05, 3.63) is 46.6 Å². The van der Waals surface area contributed by atoms with Crippen LogP contribution in [0.2, 0.25) is 5.02 Å². The Hall–Kier alpha value is -1.92. The smallest absolute Gasteiger partial charge is 0.253 e. The highest BCUT2D eigenvalue weighted by molar-refractivity contribution is 6.30. The van der Waals surface area contributed by atoms with E-state index in [0.29, 0.717) is 36.1 Å². The molecule has 0 spiro atoms. The standard InChI is InChI=1S/C18H23ClN4O2/c1-2-3-7-16-20-17(25-21-16)13-22-8-10-23(11-9-22)18(24)14-5-4-6-15(19)12-14/h4-6,12H,2-3,7-11,13H2,1H3. The van der Waals surface area contributed by atoms with E-state index < -0.39 is 0 Å². The topological polar surface area (TPSA) is 62.5 Å². The van der Waals surface area contributed by atoms with Crippen molar-refractivity contribution in [2.45, 2.75) is 32.7 Å². The van der Waals surface area contributed by atoms with Gasteiger partial charge in [-0.3, -0.25) is 9.69 Å². The lowest BCUT2D eigenvalue weighted by molar-refractivity contribution is 0.0615. The van der Waals surface area contributed by atoms with Crippen molar-refractivity contribution in [2.24, 2.45) is 0 Å². The summed E-state index contributed by atoms with van der Waals surface area (Å²) in [6, 6.07) is 7.09. The van der Waals surface area contributed by atoms with E-state index in [1.807, 2.05) is 4.90 Å². The third-order valence-electron chi connectivity index (χ3n) is 4.35. The fraction of sp³-hybridized carbons (Fsp3) is 0.500. The zero-order chi connectivity index (χ0) is 17.6. The minimum absolute atomic E-state index is 0.0294. The van der Waals surface area contributed by atoms with Gasteiger partial charge in [-0.05, 0) is 24.6 Å². The Morgan fingerprint density at radius 1 is 1.28 bits per heavy atom. The van der Waals surface area contributed by atoms with Crippen LogP contribution in [0.5, 0.6) is 0 Å². The summed E-state index contributed by atoms with van der Waals surface area (Å²) in [7, 11) is 0. The molecule has 0 radical (unpaired) electrons. The lowest BCUT2D eigenvalue weighted by Crippen LogP contribution is -2.48. The van der Waals surface area contributed by atoms with Gasteiger partial charge in [-0.2, -0.15) is 4.98 Å². The number of benzene rings is 1. The number of halogens is 1. The Kier molecular flexibility index (Phi) is 6.04. The number of piperazine rings is 1. The molecule has 0 N–H and O–H groups in total. The molecule has 0 bridgehead atoms. The number of nitrogens with zero attached hydrogens (tertiary/aromatic N) is 4. The molecule has 7 heteroatoms. The first-order chi connectivity index (χ1) is 12.2. The average Bonchev–Trinajstić information content (AvgIpc) is 3.07. The van der Waals surface area contributed by atoms with Crippen LogP contribution in [0.4, 0.5) is 0 Å². The predicted octanol–water partition coefficient (Wildman–Crippen LogP) is 3.02. The van der Waals surface area contributed by atoms with Crippen molar-refractivity contribution in [3.8, 4) is 0 Å². The Morgan fingerprint density at radius 3 is 2.80 bits per heavy atom. The number of carbonyl (C=O) groups is 1. The molecule has 1 aromatic heterocycles. The summed E-state index contributed by atoms with van der Waals surface area (Å²) < 4.78 is 5.32. The van der Waals surface area contributed by atoms with Gasteiger partial charge in [-0.1, -0.05) is 36.2 Å². The fourth-order valence-corrected chi connectivity index (χ4v) is 3.09. The van der Waals surface area contributed by atoms with E-state index in [1.54, 1.807) is 24.3 Å². The molecule has 0 unspecified atom stereocenters. The molecule has 1 fully saturated rings. The molecule has 3 rings (SSSR count). The molecule has 1 amide bonds. The third kappa shape index (κ3) is 4.80. The van der Waals surface area contributed by atoms with Crippen molar-refractivity contribution in [2.75, 3.05) is 26.2 Å². The van der Waals surface area contributed by atoms with Crippen LogP contribution in [0.3, 0.4) is 0 Å². The van der Waals surface area contributed by atoms with Crippen LogP contribution in [-0.4, -0.2) is 52.0 Å². The van der Waals surface area contributed by atoms with Crippen LogP contribution < -0.4 is 0 Å². The van der Waals surface area contributed by atoms with Crippen LogP contribution in [0.15, 0.2) is 28.8 Å². The van der Waals surface area contributed by atoms with Crippen molar-refractivity contribution in [1.82, 2.24) is 19.9 Å². The summed E-state index contributed by atoms with van der Waals surface area (Å²) in [6.45, 7) is 5.73. The van der Waals surface area contributed by atoms with E-state index in [-0.39, 0.29) is 5.91 Å². The first-order valence-corrected chi connectivity index (χ1v) is 9.12. The molecule has 25 heavy (non-hydrogen) atoms. The zero-order valence-electron chi connectivity index (χ0n) is 14.4. The molecule has 0 saturated carbocycles. The first-order valence-electron chi connectivity index (χ1n) is 8.74. The van der Waals surface area contributed by atoms with Crippen molar-refractivity contribution >= 4 is 17.5 Å². The summed E-state index contributed by atoms with van der Waals surface area (Å²) >= 11 is 5.97. The molecule has 0 atom stereocenters. The molecule has 1 saturated heterocycles. The van der Waals surface area contributed by atoms with E-state index in [1.165, 1.54) is 0 Å². The maximum absolute atomic E-state index is 12.5. The largest absolute Gasteiger partial charge is 0.338 e. The Morgan fingerprint density at radius 2 is 2.08 bits per heavy atom. The SMILES string of the molecule is CCCCc1noc(CN2CCN(C(=O)c3cccc(Cl)c3)CC2)n1. The maximum Gasteiger partial charge on any atom is 0.253 e. The normalized spacial score (nSPS) is 15.5. The molecule has 6 nitrogen and oxygen atoms in total. The quantitative estimate of drug-likeness (QED) is 0.790. The van der Waals surface area contributed by atoms with Gasteiger partial charge in [0.2, 0.25) is 5.89 Å². The molecular weight excluding hydrogens is 340 g/mol. The summed E-state index contributed by atoms with van der Waals surface area (Å²) in [4.78, 5) is 21.1. The van der Waals surface area contributed by atoms with Gasteiger partial charge in [0.25, 0.3) is 5.91 Å². The number of amides is 1. The highest BCUT2D eigenvalue weighted by Crippen LogP contribution is 2.15. The number of unbranched alkanes of at least 4 members (excludes halogenated alkanes) is 1. The van der Waals surface area contributed by atoms with Crippen molar-refractivity contribution in [1.29, 1.82) is 0 Å². The predicted molar refractivity (Wildman–Crippen MR) is 95.5 cm³/mol. The highest BCUT2D eigenvalue weighted by atomic mass is 35.5. The molecule has 2 heterocycles. The summed E-state index contributed by atoms with van der Waals surface area (Å²) in [6.07, 6.45) is 3.05. The highest BCUT2D eigenvalue weighted by Gasteiger charge is 2.23. The number of carbonyl (C=O) groups excluding carboxylic acids is 1. The number of rotatable bonds is 6. The van der Waals surface area contributed by atoms with Gasteiger partial charge < -0.3 is 9.42 Å². The van der Waals surface area contributed by atoms with Gasteiger partial charge in [-0.25, -0.2) is 0 Å². The van der Waals surface area contributed by atoms with Gasteiger partial charge in [0.15, 0.2) is 5.82 Å². The molecule has 1 aromatic carbocycles. The van der Waals surface area contributed by atoms with E-state index in [2.05, 4.69) is 22.0 Å². The number of hydrogen-bond acceptors (Lipinski definition) is 5. The second kappa shape index (κ2) is 8.45. The molecule has 1 aliphatic rings. The second-order valence-electron chi connectivity index (χ2n) is 6.29. The van der Waals surface area contributed by atoms with Gasteiger partial charge in [0, 0.05) is 43.2 Å². The van der Waals surface area contributed by atoms with E-state index in [0.717, 1.165) is 38.2 Å². The third-order valence-corrected chi connectivity index (χ3v) is 4.59. The second-order valence-corrected chi connectivity index (χ2v) is 6.72. The summed E-state index contributed by atoms with van der Waals surface area (Å²) in [5, 5.41) is 4.60. The van der Waals surface area contributed by atoms with Crippen LogP contribution in [0.1, 0.15) is 41.8 Å². The lowest BCUT2D eigenvalue weighted by Gasteiger charge is -2.34. The van der Waals surface area contributed by atoms with Crippen molar-refractivity contribution < 1.29 is 9.32 Å². The Bertz CT molecular complexity index is 711. The molecule has 0 aliphatic carbocycles. The summed E-state index contributed by atoms with van der Waals surface area (Å²) in [5.74, 6) is 1.47. The minimum Gasteiger partial charge on any atom is -0.338 e. The average molecular weight is 363 g/mol. The number of aryl methyl sites for hydroxylation is 1. The van der Waals surface area contributed by atoms with E-state index in [9.17, 15) is 4.79 Å². The van der Waals surface area contributed by atoms with Crippen LogP contribution in [-0.2, 0) is 13.0 Å². The van der Waals surface area contributed by atoms with Gasteiger partial charge in [0.1, 0.15) is 0 Å². The van der Waals surface area contributed by atoms with E-state index >= 15 is 0 Å². The zero-order valence-corrected chi connectivity index (χ0v) is 15.2. The monoisotopic (exact) mass is 362 g/mol. The van der Waals surface area contributed by atoms with Crippen LogP contribution in [0.25, 0.3) is 0 Å². The number of aromatic nitrogens is 2. The van der Waals surface area contributed by atoms with Crippen LogP contribution in [0, 0.1) is 0 Å². The van der Waals surface area contributed by atoms with Crippen LogP contribution >= 0.6 is 11.6 Å². The first kappa shape index (κ1) is 17.9. The Balaban J connectivity index is 1.50. The fourth-order valence-electron chi connectivity index (χ4n) is 2.90. The summed E-state index contributed by atoms with van der Waals surface area (Å²) in [5.41, 5.74) is 0.637. The molecular formula is C18H23ClN4O2. The van der Waals surface area contributed by atoms with Gasteiger partial charge in [-0.15, -0.1) is 0 Å². The molecule has 1 aliphatic heterocycles. The Labute approximate surface area is 152 Å². The van der Waals surface area contributed by atoms with Gasteiger partial charge in [0.05, 0.1) is 6.54 Å². The van der Waals surface area contributed by atoms with E-state index in [4.69, 9.17) is 16.1 Å².